The molecule has 19 heavy (non-hydrogen) atoms. The van der Waals surface area contributed by atoms with Gasteiger partial charge in [0.25, 0.3) is 0 Å². The molecule has 2 heterocycles. The van der Waals surface area contributed by atoms with E-state index in [9.17, 15) is 4.79 Å². The fraction of sp³-hybridized carbons (Fsp3) is 0.750. The van der Waals surface area contributed by atoms with Crippen molar-refractivity contribution in [3.05, 3.63) is 11.7 Å². The lowest BCUT2D eigenvalue weighted by Gasteiger charge is -2.22. The molecular weight excluding hydrogens is 250 g/mol. The number of hydrogen-bond donors (Lipinski definition) is 0. The number of nitrogens with zero attached hydrogens (tertiary/aromatic N) is 3. The highest BCUT2D eigenvalue weighted by atomic mass is 16.6. The normalized spacial score (nSPS) is 19.3. The molecule has 1 aromatic rings. The zero-order chi connectivity index (χ0) is 13.8. The predicted molar refractivity (Wildman–Crippen MR) is 65.4 cm³/mol. The Morgan fingerprint density at radius 1 is 1.53 bits per heavy atom. The first-order chi connectivity index (χ1) is 9.11. The number of ether oxygens (including phenoxy) is 2. The fourth-order valence-electron chi connectivity index (χ4n) is 1.99. The summed E-state index contributed by atoms with van der Waals surface area (Å²) in [6, 6.07) is 0.0572. The highest BCUT2D eigenvalue weighted by molar-refractivity contribution is 5.70. The van der Waals surface area contributed by atoms with Crippen LogP contribution < -0.4 is 0 Å². The van der Waals surface area contributed by atoms with Gasteiger partial charge in [-0.2, -0.15) is 4.98 Å². The summed E-state index contributed by atoms with van der Waals surface area (Å²) in [4.78, 5) is 17.5. The number of methoxy groups -OCH3 is 1. The first kappa shape index (κ1) is 13.8. The largest absolute Gasteiger partial charge is 0.447 e. The van der Waals surface area contributed by atoms with E-state index in [0.717, 1.165) is 0 Å². The van der Waals surface area contributed by atoms with Gasteiger partial charge in [-0.25, -0.2) is 4.79 Å². The molecule has 0 N–H and O–H groups in total. The van der Waals surface area contributed by atoms with E-state index in [1.54, 1.807) is 12.0 Å². The van der Waals surface area contributed by atoms with E-state index in [1.807, 2.05) is 0 Å². The Labute approximate surface area is 111 Å². The van der Waals surface area contributed by atoms with E-state index < -0.39 is 0 Å². The van der Waals surface area contributed by atoms with E-state index >= 15 is 0 Å². The van der Waals surface area contributed by atoms with Crippen molar-refractivity contribution in [3.8, 4) is 0 Å². The van der Waals surface area contributed by atoms with Gasteiger partial charge in [0.2, 0.25) is 5.89 Å². The van der Waals surface area contributed by atoms with Gasteiger partial charge >= 0.3 is 6.09 Å². The van der Waals surface area contributed by atoms with Crippen molar-refractivity contribution in [3.63, 3.8) is 0 Å². The molecule has 0 bridgehead atoms. The van der Waals surface area contributed by atoms with Crippen LogP contribution in [0.3, 0.4) is 0 Å². The van der Waals surface area contributed by atoms with Gasteiger partial charge in [-0.3, -0.25) is 4.90 Å². The van der Waals surface area contributed by atoms with E-state index in [-0.39, 0.29) is 12.1 Å². The molecule has 1 aliphatic heterocycles. The van der Waals surface area contributed by atoms with E-state index in [2.05, 4.69) is 24.0 Å². The second-order valence-electron chi connectivity index (χ2n) is 4.86. The van der Waals surface area contributed by atoms with Crippen LogP contribution in [0.1, 0.15) is 25.6 Å². The summed E-state index contributed by atoms with van der Waals surface area (Å²) in [5, 5.41) is 3.85. The number of carbonyl (C=O) groups excluding carboxylic acids is 1. The minimum absolute atomic E-state index is 0.0572. The Kier molecular flexibility index (Phi) is 4.36. The maximum absolute atomic E-state index is 11.7. The van der Waals surface area contributed by atoms with Crippen molar-refractivity contribution >= 4 is 6.09 Å². The van der Waals surface area contributed by atoms with Crippen LogP contribution in [0.15, 0.2) is 4.52 Å². The van der Waals surface area contributed by atoms with Gasteiger partial charge in [-0.1, -0.05) is 19.0 Å². The van der Waals surface area contributed by atoms with Gasteiger partial charge in [0.1, 0.15) is 13.2 Å². The summed E-state index contributed by atoms with van der Waals surface area (Å²) in [5.41, 5.74) is 0. The maximum Gasteiger partial charge on any atom is 0.410 e. The number of rotatable bonds is 6. The van der Waals surface area contributed by atoms with E-state index in [1.165, 1.54) is 0 Å². The summed E-state index contributed by atoms with van der Waals surface area (Å²) < 4.78 is 15.1. The molecule has 0 saturated carbocycles. The van der Waals surface area contributed by atoms with Crippen LogP contribution in [0.25, 0.3) is 0 Å². The van der Waals surface area contributed by atoms with Crippen LogP contribution in [0.2, 0.25) is 0 Å². The zero-order valence-corrected chi connectivity index (χ0v) is 11.5. The number of amides is 1. The average Bonchev–Trinajstić information content (AvgIpc) is 2.96. The smallest absolute Gasteiger partial charge is 0.410 e. The number of carbonyl (C=O) groups is 1. The molecule has 0 unspecified atom stereocenters. The van der Waals surface area contributed by atoms with Crippen molar-refractivity contribution in [2.45, 2.75) is 32.9 Å². The lowest BCUT2D eigenvalue weighted by molar-refractivity contribution is 0.149. The van der Waals surface area contributed by atoms with Gasteiger partial charge in [-0.15, -0.1) is 0 Å². The van der Waals surface area contributed by atoms with Crippen molar-refractivity contribution in [2.24, 2.45) is 5.92 Å². The number of cyclic esters (lactones) is 1. The molecule has 0 radical (unpaired) electrons. The quantitative estimate of drug-likeness (QED) is 0.773. The van der Waals surface area contributed by atoms with Gasteiger partial charge < -0.3 is 14.0 Å². The highest BCUT2D eigenvalue weighted by Crippen LogP contribution is 2.21. The minimum atomic E-state index is -0.324. The van der Waals surface area contributed by atoms with E-state index in [0.29, 0.717) is 43.8 Å². The molecule has 1 amide bonds. The van der Waals surface area contributed by atoms with Gasteiger partial charge in [0, 0.05) is 13.5 Å². The van der Waals surface area contributed by atoms with Crippen LogP contribution >= 0.6 is 0 Å². The van der Waals surface area contributed by atoms with Gasteiger partial charge in [0.05, 0.1) is 12.6 Å². The number of aromatic nitrogens is 2. The molecule has 0 aromatic carbocycles. The Balaban J connectivity index is 1.99. The van der Waals surface area contributed by atoms with Crippen molar-refractivity contribution in [1.29, 1.82) is 0 Å². The molecule has 1 fully saturated rings. The molecule has 0 aliphatic carbocycles. The maximum atomic E-state index is 11.7. The molecule has 1 aliphatic rings. The third-order valence-electron chi connectivity index (χ3n) is 3.13. The highest BCUT2D eigenvalue weighted by Gasteiger charge is 2.35. The third kappa shape index (κ3) is 3.23. The Morgan fingerprint density at radius 3 is 3.00 bits per heavy atom. The van der Waals surface area contributed by atoms with E-state index in [4.69, 9.17) is 14.0 Å². The second kappa shape index (κ2) is 6.01. The average molecular weight is 269 g/mol. The Hall–Kier alpha value is -1.63. The van der Waals surface area contributed by atoms with Crippen LogP contribution in [0, 0.1) is 5.92 Å². The Bertz CT molecular complexity index is 432. The first-order valence-corrected chi connectivity index (χ1v) is 6.35. The summed E-state index contributed by atoms with van der Waals surface area (Å²) >= 11 is 0. The lowest BCUT2D eigenvalue weighted by atomic mass is 10.0. The second-order valence-corrected chi connectivity index (χ2v) is 4.86. The first-order valence-electron chi connectivity index (χ1n) is 6.35. The fourth-order valence-corrected chi connectivity index (χ4v) is 1.99. The summed E-state index contributed by atoms with van der Waals surface area (Å²) in [7, 11) is 1.62. The topological polar surface area (TPSA) is 77.7 Å². The summed E-state index contributed by atoms with van der Waals surface area (Å²) in [6.07, 6.45) is 0.272. The van der Waals surface area contributed by atoms with Crippen LogP contribution in [0.4, 0.5) is 4.79 Å². The molecule has 1 saturated heterocycles. The predicted octanol–water partition coefficient (Wildman–Crippen LogP) is 1.24. The van der Waals surface area contributed by atoms with Crippen LogP contribution in [-0.2, 0) is 22.4 Å². The summed E-state index contributed by atoms with van der Waals surface area (Å²) in [6.45, 7) is 5.36. The van der Waals surface area contributed by atoms with Crippen molar-refractivity contribution in [1.82, 2.24) is 15.0 Å². The molecular formula is C12H19N3O4. The van der Waals surface area contributed by atoms with Crippen LogP contribution in [-0.4, -0.2) is 47.5 Å². The molecule has 2 rings (SSSR count). The minimum Gasteiger partial charge on any atom is -0.447 e. The molecule has 1 atom stereocenters. The molecule has 1 aromatic heterocycles. The molecule has 0 spiro atoms. The standard InChI is InChI=1S/C12H19N3O4/c1-8(2)9-7-18-12(16)15(9)6-11-13-10(14-19-11)4-5-17-3/h8-9H,4-7H2,1-3H3/t9-/m1/s1. The SMILES string of the molecule is COCCc1noc(CN2C(=O)OC[C@@H]2C(C)C)n1. The monoisotopic (exact) mass is 269 g/mol. The van der Waals surface area contributed by atoms with Gasteiger partial charge in [-0.05, 0) is 5.92 Å². The van der Waals surface area contributed by atoms with Crippen molar-refractivity contribution < 1.29 is 18.8 Å². The summed E-state index contributed by atoms with van der Waals surface area (Å²) in [5.74, 6) is 1.34. The molecule has 7 nitrogen and oxygen atoms in total. The van der Waals surface area contributed by atoms with Gasteiger partial charge in [0.15, 0.2) is 5.82 Å². The molecule has 106 valence electrons. The molecule has 7 heteroatoms. The van der Waals surface area contributed by atoms with Crippen LogP contribution in [0.5, 0.6) is 0 Å². The third-order valence-corrected chi connectivity index (χ3v) is 3.13. The zero-order valence-electron chi connectivity index (χ0n) is 11.5. The Morgan fingerprint density at radius 2 is 2.32 bits per heavy atom. The van der Waals surface area contributed by atoms with Crippen molar-refractivity contribution in [2.75, 3.05) is 20.3 Å². The lowest BCUT2D eigenvalue weighted by Crippen LogP contribution is -2.36. The number of hydrogen-bond acceptors (Lipinski definition) is 6.